The summed E-state index contributed by atoms with van der Waals surface area (Å²) in [4.78, 5) is 25.3. The van der Waals surface area contributed by atoms with Gasteiger partial charge in [-0.05, 0) is 54.8 Å². The van der Waals surface area contributed by atoms with Gasteiger partial charge in [0.15, 0.2) is 0 Å². The van der Waals surface area contributed by atoms with Crippen molar-refractivity contribution in [2.75, 3.05) is 13.7 Å². The average Bonchev–Trinajstić information content (AvgIpc) is 3.26. The molecule has 0 atom stereocenters. The minimum atomic E-state index is -0.0489. The van der Waals surface area contributed by atoms with E-state index < -0.39 is 0 Å². The van der Waals surface area contributed by atoms with Gasteiger partial charge in [-0.2, -0.15) is 0 Å². The zero-order valence-corrected chi connectivity index (χ0v) is 18.9. The van der Waals surface area contributed by atoms with E-state index in [4.69, 9.17) is 4.74 Å². The van der Waals surface area contributed by atoms with Crippen molar-refractivity contribution in [1.82, 2.24) is 14.3 Å². The molecule has 1 N–H and O–H groups in total. The summed E-state index contributed by atoms with van der Waals surface area (Å²) in [5.41, 5.74) is 3.46. The number of halogens is 1. The number of methoxy groups -OCH3 is 1. The van der Waals surface area contributed by atoms with Crippen molar-refractivity contribution in [3.05, 3.63) is 81.2 Å². The molecule has 2 aromatic carbocycles. The number of ether oxygens (including phenoxy) is 1. The van der Waals surface area contributed by atoms with Crippen molar-refractivity contribution < 1.29 is 9.53 Å². The van der Waals surface area contributed by atoms with E-state index in [0.717, 1.165) is 26.8 Å². The maximum atomic E-state index is 13.0. The lowest BCUT2D eigenvalue weighted by Gasteiger charge is -2.13. The Morgan fingerprint density at radius 2 is 1.90 bits per heavy atom. The summed E-state index contributed by atoms with van der Waals surface area (Å²) in [5.74, 6) is 0.812. The SMILES string of the molecule is COc1ccccc1CCNC(=O)CCCn1c(=O)c2cccn2c2ccc(Br)cc21. The van der Waals surface area contributed by atoms with Crippen LogP contribution in [0.5, 0.6) is 5.75 Å². The summed E-state index contributed by atoms with van der Waals surface area (Å²) >= 11 is 3.50. The Labute approximate surface area is 188 Å². The molecule has 0 fully saturated rings. The number of hydrogen-bond acceptors (Lipinski definition) is 3. The van der Waals surface area contributed by atoms with Crippen molar-refractivity contribution in [1.29, 1.82) is 0 Å². The Morgan fingerprint density at radius 3 is 2.74 bits per heavy atom. The Hall–Kier alpha value is -3.06. The van der Waals surface area contributed by atoms with Crippen molar-refractivity contribution in [3.63, 3.8) is 0 Å². The zero-order chi connectivity index (χ0) is 21.8. The van der Waals surface area contributed by atoms with Crippen molar-refractivity contribution >= 4 is 38.4 Å². The summed E-state index contributed by atoms with van der Waals surface area (Å²) in [6, 6.07) is 17.4. The molecular formula is C24H24BrN3O3. The molecule has 0 saturated carbocycles. The lowest BCUT2D eigenvalue weighted by atomic mass is 10.1. The van der Waals surface area contributed by atoms with Crippen LogP contribution in [0.4, 0.5) is 0 Å². The van der Waals surface area contributed by atoms with Gasteiger partial charge in [-0.1, -0.05) is 34.1 Å². The maximum absolute atomic E-state index is 13.0. The van der Waals surface area contributed by atoms with E-state index in [1.54, 1.807) is 11.7 Å². The molecule has 0 aliphatic rings. The number of nitrogens with zero attached hydrogens (tertiary/aromatic N) is 2. The van der Waals surface area contributed by atoms with Crippen molar-refractivity contribution in [2.24, 2.45) is 0 Å². The molecular weight excluding hydrogens is 458 g/mol. The fourth-order valence-corrected chi connectivity index (χ4v) is 4.23. The summed E-state index contributed by atoms with van der Waals surface area (Å²) in [6.07, 6.45) is 3.55. The number of nitrogens with one attached hydrogen (secondary N) is 1. The van der Waals surface area contributed by atoms with E-state index >= 15 is 0 Å². The van der Waals surface area contributed by atoms with Gasteiger partial charge in [0, 0.05) is 30.2 Å². The van der Waals surface area contributed by atoms with Gasteiger partial charge >= 0.3 is 0 Å². The molecule has 7 heteroatoms. The smallest absolute Gasteiger partial charge is 0.275 e. The normalized spacial score (nSPS) is 11.2. The molecule has 0 bridgehead atoms. The third-order valence-corrected chi connectivity index (χ3v) is 5.89. The van der Waals surface area contributed by atoms with E-state index in [9.17, 15) is 9.59 Å². The molecule has 31 heavy (non-hydrogen) atoms. The third-order valence-electron chi connectivity index (χ3n) is 5.40. The molecule has 0 aliphatic heterocycles. The second kappa shape index (κ2) is 9.39. The fourth-order valence-electron chi connectivity index (χ4n) is 3.88. The number of hydrogen-bond donors (Lipinski definition) is 1. The second-order valence-corrected chi connectivity index (χ2v) is 8.28. The molecule has 0 spiro atoms. The zero-order valence-electron chi connectivity index (χ0n) is 17.3. The Kier molecular flexibility index (Phi) is 6.42. The molecule has 6 nitrogen and oxygen atoms in total. The van der Waals surface area contributed by atoms with Crippen LogP contribution in [0, 0.1) is 0 Å². The minimum absolute atomic E-state index is 0.0165. The van der Waals surface area contributed by atoms with Crippen LogP contribution in [0.25, 0.3) is 16.6 Å². The molecule has 0 saturated heterocycles. The molecule has 2 heterocycles. The number of fused-ring (bicyclic) bond motifs is 3. The number of amides is 1. The first-order valence-electron chi connectivity index (χ1n) is 10.3. The number of benzene rings is 2. The standard InChI is InChI=1S/C24H24BrN3O3/c1-31-22-8-3-2-6-17(22)12-13-26-23(29)9-5-15-28-21-16-18(25)10-11-19(21)27-14-4-7-20(27)24(28)30/h2-4,6-8,10-11,14,16H,5,9,12-13,15H2,1H3,(H,26,29). The number of carbonyl (C=O) groups is 1. The maximum Gasteiger partial charge on any atom is 0.275 e. The topological polar surface area (TPSA) is 64.7 Å². The highest BCUT2D eigenvalue weighted by Crippen LogP contribution is 2.21. The first-order valence-corrected chi connectivity index (χ1v) is 11.1. The number of rotatable bonds is 8. The first-order chi connectivity index (χ1) is 15.1. The molecule has 2 aromatic heterocycles. The molecule has 0 unspecified atom stereocenters. The predicted octanol–water partition coefficient (Wildman–Crippen LogP) is 4.16. The Morgan fingerprint density at radius 1 is 1.06 bits per heavy atom. The Bertz CT molecular complexity index is 1290. The minimum Gasteiger partial charge on any atom is -0.496 e. The van der Waals surface area contributed by atoms with Crippen molar-refractivity contribution in [3.8, 4) is 5.75 Å². The number of aromatic nitrogens is 2. The van der Waals surface area contributed by atoms with Gasteiger partial charge in [0.25, 0.3) is 5.56 Å². The highest BCUT2D eigenvalue weighted by Gasteiger charge is 2.11. The molecule has 4 aromatic rings. The Balaban J connectivity index is 1.40. The molecule has 1 amide bonds. The van der Waals surface area contributed by atoms with Gasteiger partial charge in [0.1, 0.15) is 11.3 Å². The summed E-state index contributed by atoms with van der Waals surface area (Å²) in [6.45, 7) is 1.03. The highest BCUT2D eigenvalue weighted by atomic mass is 79.9. The molecule has 0 aliphatic carbocycles. The number of aryl methyl sites for hydroxylation is 1. The van der Waals surface area contributed by atoms with Crippen LogP contribution >= 0.6 is 15.9 Å². The van der Waals surface area contributed by atoms with Gasteiger partial charge in [-0.3, -0.25) is 9.59 Å². The third kappa shape index (κ3) is 4.51. The highest BCUT2D eigenvalue weighted by molar-refractivity contribution is 9.10. The van der Waals surface area contributed by atoms with E-state index in [0.29, 0.717) is 37.9 Å². The monoisotopic (exact) mass is 481 g/mol. The van der Waals surface area contributed by atoms with Crippen LogP contribution in [-0.2, 0) is 17.8 Å². The van der Waals surface area contributed by atoms with Crippen LogP contribution in [-0.4, -0.2) is 28.5 Å². The van der Waals surface area contributed by atoms with Gasteiger partial charge in [0.05, 0.1) is 18.1 Å². The van der Waals surface area contributed by atoms with Crippen LogP contribution in [0.2, 0.25) is 0 Å². The van der Waals surface area contributed by atoms with E-state index in [1.807, 2.05) is 65.2 Å². The number of para-hydroxylation sites is 1. The van der Waals surface area contributed by atoms with E-state index in [1.165, 1.54) is 0 Å². The first kappa shape index (κ1) is 21.2. The number of carbonyl (C=O) groups excluding carboxylic acids is 1. The molecule has 160 valence electrons. The predicted molar refractivity (Wildman–Crippen MR) is 126 cm³/mol. The van der Waals surface area contributed by atoms with Gasteiger partial charge in [-0.15, -0.1) is 0 Å². The summed E-state index contributed by atoms with van der Waals surface area (Å²) < 4.78 is 9.93. The van der Waals surface area contributed by atoms with Crippen molar-refractivity contribution in [2.45, 2.75) is 25.8 Å². The largest absolute Gasteiger partial charge is 0.496 e. The average molecular weight is 482 g/mol. The molecule has 4 rings (SSSR count). The van der Waals surface area contributed by atoms with Gasteiger partial charge < -0.3 is 19.0 Å². The van der Waals surface area contributed by atoms with Crippen LogP contribution < -0.4 is 15.6 Å². The van der Waals surface area contributed by atoms with Crippen LogP contribution in [0.3, 0.4) is 0 Å². The summed E-state index contributed by atoms with van der Waals surface area (Å²) in [5, 5.41) is 2.96. The van der Waals surface area contributed by atoms with Crippen LogP contribution in [0.1, 0.15) is 18.4 Å². The van der Waals surface area contributed by atoms with Gasteiger partial charge in [0.2, 0.25) is 5.91 Å². The van der Waals surface area contributed by atoms with Gasteiger partial charge in [-0.25, -0.2) is 0 Å². The van der Waals surface area contributed by atoms with E-state index in [2.05, 4.69) is 21.2 Å². The molecule has 0 radical (unpaired) electrons. The summed E-state index contributed by atoms with van der Waals surface area (Å²) in [7, 11) is 1.65. The fraction of sp³-hybridized carbons (Fsp3) is 0.250. The lowest BCUT2D eigenvalue weighted by Crippen LogP contribution is -2.27. The quantitative estimate of drug-likeness (QED) is 0.410. The van der Waals surface area contributed by atoms with Crippen LogP contribution in [0.15, 0.2) is 70.1 Å². The lowest BCUT2D eigenvalue weighted by molar-refractivity contribution is -0.121. The second-order valence-electron chi connectivity index (χ2n) is 7.37. The van der Waals surface area contributed by atoms with E-state index in [-0.39, 0.29) is 11.5 Å².